The molecule has 4 aromatic rings. The van der Waals surface area contributed by atoms with Crippen molar-refractivity contribution in [3.05, 3.63) is 68.9 Å². The van der Waals surface area contributed by atoms with E-state index in [1.807, 2.05) is 31.2 Å². The molecule has 28 heavy (non-hydrogen) atoms. The van der Waals surface area contributed by atoms with Crippen molar-refractivity contribution in [1.82, 2.24) is 19.6 Å². The minimum atomic E-state index is 0.396. The summed E-state index contributed by atoms with van der Waals surface area (Å²) in [7, 11) is 0. The van der Waals surface area contributed by atoms with Crippen molar-refractivity contribution in [2.45, 2.75) is 6.92 Å². The van der Waals surface area contributed by atoms with Gasteiger partial charge in [-0.1, -0.05) is 0 Å². The summed E-state index contributed by atoms with van der Waals surface area (Å²) in [6, 6.07) is 14.8. The smallest absolute Gasteiger partial charge is 0.257 e. The molecular formula is C19H12Br2N6O. The normalized spacial score (nSPS) is 10.6. The van der Waals surface area contributed by atoms with Gasteiger partial charge >= 0.3 is 0 Å². The lowest BCUT2D eigenvalue weighted by Gasteiger charge is -2.13. The van der Waals surface area contributed by atoms with E-state index in [-0.39, 0.29) is 0 Å². The molecule has 0 aliphatic rings. The number of benzene rings is 2. The lowest BCUT2D eigenvalue weighted by Crippen LogP contribution is -2.02. The largest absolute Gasteiger partial charge is 0.436 e. The van der Waals surface area contributed by atoms with E-state index in [1.165, 1.54) is 10.8 Å². The van der Waals surface area contributed by atoms with Gasteiger partial charge in [-0.05, 0) is 80.7 Å². The van der Waals surface area contributed by atoms with Gasteiger partial charge in [0.25, 0.3) is 5.78 Å². The second-order valence-electron chi connectivity index (χ2n) is 5.93. The van der Waals surface area contributed by atoms with Crippen LogP contribution in [-0.2, 0) is 0 Å². The fourth-order valence-corrected chi connectivity index (χ4v) is 4.16. The van der Waals surface area contributed by atoms with Crippen LogP contribution in [0.1, 0.15) is 11.1 Å². The molecule has 7 nitrogen and oxygen atoms in total. The second-order valence-corrected chi connectivity index (χ2v) is 7.63. The molecule has 0 saturated heterocycles. The third-order valence-corrected chi connectivity index (χ3v) is 5.03. The van der Waals surface area contributed by atoms with E-state index in [1.54, 1.807) is 18.2 Å². The summed E-state index contributed by atoms with van der Waals surface area (Å²) in [5.74, 6) is 2.01. The molecule has 0 amide bonds. The van der Waals surface area contributed by atoms with Gasteiger partial charge in [-0.2, -0.15) is 24.8 Å². The first-order chi connectivity index (χ1) is 13.5. The molecule has 4 rings (SSSR count). The van der Waals surface area contributed by atoms with Crippen molar-refractivity contribution in [2.24, 2.45) is 0 Å². The summed E-state index contributed by atoms with van der Waals surface area (Å²) in [6.07, 6.45) is 1.42. The molecule has 2 heterocycles. The van der Waals surface area contributed by atoms with E-state index < -0.39 is 0 Å². The third kappa shape index (κ3) is 3.69. The van der Waals surface area contributed by atoms with Crippen molar-refractivity contribution in [3.63, 3.8) is 0 Å². The van der Waals surface area contributed by atoms with Gasteiger partial charge in [-0.3, -0.25) is 0 Å². The molecule has 0 bridgehead atoms. The molecule has 9 heteroatoms. The predicted molar refractivity (Wildman–Crippen MR) is 112 cm³/mol. The van der Waals surface area contributed by atoms with Crippen molar-refractivity contribution < 1.29 is 4.74 Å². The molecule has 0 radical (unpaired) electrons. The molecule has 2 aromatic heterocycles. The van der Waals surface area contributed by atoms with E-state index >= 15 is 0 Å². The molecule has 0 unspecified atom stereocenters. The highest BCUT2D eigenvalue weighted by atomic mass is 79.9. The Morgan fingerprint density at radius 2 is 1.82 bits per heavy atom. The quantitative estimate of drug-likeness (QED) is 0.406. The Labute approximate surface area is 177 Å². The zero-order chi connectivity index (χ0) is 19.7. The molecule has 0 atom stereocenters. The van der Waals surface area contributed by atoms with Crippen LogP contribution in [0.25, 0.3) is 5.78 Å². The topological polar surface area (TPSA) is 88.1 Å². The number of aromatic nitrogens is 4. The van der Waals surface area contributed by atoms with E-state index in [4.69, 9.17) is 10.00 Å². The molecule has 0 fully saturated rings. The Morgan fingerprint density at radius 1 is 1.11 bits per heavy atom. The standard InChI is InChI=1S/C19H12Br2N6O/c1-11-6-14(20)18(15(21)7-11)28-17-8-16(26-19-23-10-24-27(17)19)25-13-4-2-12(9-22)3-5-13/h2-8,10H,1H3,(H,23,24,25,26). The summed E-state index contributed by atoms with van der Waals surface area (Å²) in [4.78, 5) is 8.61. The lowest BCUT2D eigenvalue weighted by molar-refractivity contribution is 0.441. The lowest BCUT2D eigenvalue weighted by atomic mass is 10.2. The van der Waals surface area contributed by atoms with Crippen LogP contribution < -0.4 is 10.1 Å². The number of nitrogens with zero attached hydrogens (tertiary/aromatic N) is 5. The second kappa shape index (κ2) is 7.58. The highest BCUT2D eigenvalue weighted by Gasteiger charge is 2.14. The molecule has 138 valence electrons. The number of ether oxygens (including phenoxy) is 1. The van der Waals surface area contributed by atoms with Crippen LogP contribution in [0.2, 0.25) is 0 Å². The average Bonchev–Trinajstić information content (AvgIpc) is 3.14. The summed E-state index contributed by atoms with van der Waals surface area (Å²) in [5, 5.41) is 16.3. The molecule has 2 aromatic carbocycles. The average molecular weight is 500 g/mol. The van der Waals surface area contributed by atoms with Crippen LogP contribution in [0.4, 0.5) is 11.5 Å². The predicted octanol–water partition coefficient (Wildman–Crippen LogP) is 5.37. The number of nitriles is 1. The van der Waals surface area contributed by atoms with Crippen LogP contribution in [0.3, 0.4) is 0 Å². The molecule has 0 aliphatic carbocycles. The fraction of sp³-hybridized carbons (Fsp3) is 0.0526. The number of hydrogen-bond acceptors (Lipinski definition) is 6. The van der Waals surface area contributed by atoms with Gasteiger partial charge in [0.15, 0.2) is 5.75 Å². The Kier molecular flexibility index (Phi) is 4.98. The zero-order valence-corrected chi connectivity index (χ0v) is 17.7. The van der Waals surface area contributed by atoms with Gasteiger partial charge in [0.05, 0.1) is 20.6 Å². The van der Waals surface area contributed by atoms with Gasteiger partial charge < -0.3 is 10.1 Å². The number of hydrogen-bond donors (Lipinski definition) is 1. The minimum Gasteiger partial charge on any atom is -0.436 e. The summed E-state index contributed by atoms with van der Waals surface area (Å²) >= 11 is 7.08. The molecular weight excluding hydrogens is 488 g/mol. The number of halogens is 2. The minimum absolute atomic E-state index is 0.396. The first-order valence-corrected chi connectivity index (χ1v) is 9.73. The van der Waals surface area contributed by atoms with Gasteiger partial charge in [0, 0.05) is 11.8 Å². The summed E-state index contributed by atoms with van der Waals surface area (Å²) < 4.78 is 9.26. The SMILES string of the molecule is Cc1cc(Br)c(Oc2cc(Nc3ccc(C#N)cc3)nc3ncnn23)c(Br)c1. The third-order valence-electron chi connectivity index (χ3n) is 3.85. The molecule has 0 aliphatic heterocycles. The van der Waals surface area contributed by atoms with Gasteiger partial charge in [-0.25, -0.2) is 0 Å². The van der Waals surface area contributed by atoms with Crippen LogP contribution >= 0.6 is 31.9 Å². The molecule has 0 saturated carbocycles. The van der Waals surface area contributed by atoms with Crippen molar-refractivity contribution in [2.75, 3.05) is 5.32 Å². The monoisotopic (exact) mass is 498 g/mol. The van der Waals surface area contributed by atoms with Gasteiger partial charge in [-0.15, -0.1) is 0 Å². The number of anilines is 2. The van der Waals surface area contributed by atoms with Gasteiger partial charge in [0.1, 0.15) is 12.1 Å². The number of fused-ring (bicyclic) bond motifs is 1. The molecule has 1 N–H and O–H groups in total. The first kappa shape index (κ1) is 18.4. The Morgan fingerprint density at radius 3 is 2.50 bits per heavy atom. The number of nitrogens with one attached hydrogen (secondary N) is 1. The summed E-state index contributed by atoms with van der Waals surface area (Å²) in [6.45, 7) is 2.00. The maximum absolute atomic E-state index is 8.93. The van der Waals surface area contributed by atoms with Crippen molar-refractivity contribution in [3.8, 4) is 17.7 Å². The van der Waals surface area contributed by atoms with E-state index in [0.29, 0.717) is 28.8 Å². The first-order valence-electron chi connectivity index (χ1n) is 8.15. The fourth-order valence-electron chi connectivity index (χ4n) is 2.59. The van der Waals surface area contributed by atoms with E-state index in [2.05, 4.69) is 58.3 Å². The maximum Gasteiger partial charge on any atom is 0.257 e. The highest BCUT2D eigenvalue weighted by Crippen LogP contribution is 2.38. The Hall–Kier alpha value is -2.96. The van der Waals surface area contributed by atoms with Crippen LogP contribution in [0.5, 0.6) is 11.6 Å². The van der Waals surface area contributed by atoms with Crippen LogP contribution in [0.15, 0.2) is 57.7 Å². The maximum atomic E-state index is 8.93. The zero-order valence-electron chi connectivity index (χ0n) is 14.5. The number of rotatable bonds is 4. The molecule has 0 spiro atoms. The van der Waals surface area contributed by atoms with Crippen LogP contribution in [-0.4, -0.2) is 19.6 Å². The van der Waals surface area contributed by atoms with Crippen LogP contribution in [0, 0.1) is 18.3 Å². The van der Waals surface area contributed by atoms with E-state index in [0.717, 1.165) is 20.2 Å². The van der Waals surface area contributed by atoms with Gasteiger partial charge in [0.2, 0.25) is 5.88 Å². The number of aryl methyl sites for hydroxylation is 1. The highest BCUT2D eigenvalue weighted by molar-refractivity contribution is 9.11. The van der Waals surface area contributed by atoms with Crippen molar-refractivity contribution in [1.29, 1.82) is 5.26 Å². The Balaban J connectivity index is 1.72. The van der Waals surface area contributed by atoms with Crippen molar-refractivity contribution >= 4 is 49.1 Å². The van der Waals surface area contributed by atoms with E-state index in [9.17, 15) is 0 Å². The summed E-state index contributed by atoms with van der Waals surface area (Å²) in [5.41, 5.74) is 2.47. The Bertz CT molecular complexity index is 1190.